The van der Waals surface area contributed by atoms with E-state index < -0.39 is 10.7 Å². The first-order valence-corrected chi connectivity index (χ1v) is 6.41. The smallest absolute Gasteiger partial charge is 0.272 e. The molecule has 1 aromatic carbocycles. The molecular weight excluding hydrogens is 307 g/mol. The van der Waals surface area contributed by atoms with Gasteiger partial charge >= 0.3 is 0 Å². The summed E-state index contributed by atoms with van der Waals surface area (Å²) in [6, 6.07) is 3.20. The molecule has 0 saturated heterocycles. The number of nitrogens with one attached hydrogen (secondary N) is 1. The molecular formula is C12H15FN8O2. The molecule has 0 amide bonds. The van der Waals surface area contributed by atoms with Crippen LogP contribution in [-0.4, -0.2) is 35.1 Å². The highest BCUT2D eigenvalue weighted by atomic mass is 19.1. The quantitative estimate of drug-likeness (QED) is 0.194. The number of hydrogen-bond donors (Lipinski definition) is 4. The van der Waals surface area contributed by atoms with E-state index in [1.165, 1.54) is 18.3 Å². The van der Waals surface area contributed by atoms with Crippen molar-refractivity contribution in [3.8, 4) is 0 Å². The molecule has 0 aliphatic carbocycles. The lowest BCUT2D eigenvalue weighted by Gasteiger charge is -2.15. The number of guanidine groups is 1. The Balaban J connectivity index is 2.13. The van der Waals surface area contributed by atoms with Crippen molar-refractivity contribution < 1.29 is 9.31 Å². The van der Waals surface area contributed by atoms with Crippen LogP contribution in [0.25, 0.3) is 0 Å². The van der Waals surface area contributed by atoms with Crippen LogP contribution in [0.1, 0.15) is 0 Å². The van der Waals surface area contributed by atoms with E-state index in [4.69, 9.17) is 17.3 Å². The van der Waals surface area contributed by atoms with Crippen LogP contribution in [0.15, 0.2) is 39.6 Å². The van der Waals surface area contributed by atoms with Crippen LogP contribution < -0.4 is 22.8 Å². The third kappa shape index (κ3) is 3.71. The first-order valence-electron chi connectivity index (χ1n) is 6.41. The number of nitrogens with two attached hydrogens (primary N) is 3. The second-order valence-corrected chi connectivity index (χ2v) is 4.66. The molecule has 0 radical (unpaired) electrons. The lowest BCUT2D eigenvalue weighted by atomic mass is 10.2. The van der Waals surface area contributed by atoms with E-state index in [9.17, 15) is 14.5 Å². The Labute approximate surface area is 130 Å². The molecule has 0 saturated carbocycles. The number of benzene rings is 1. The lowest BCUT2D eigenvalue weighted by Crippen LogP contribution is -2.39. The van der Waals surface area contributed by atoms with E-state index in [0.717, 1.165) is 6.07 Å². The summed E-state index contributed by atoms with van der Waals surface area (Å²) in [6.45, 7) is 0.669. The van der Waals surface area contributed by atoms with E-state index in [-0.39, 0.29) is 17.3 Å². The van der Waals surface area contributed by atoms with Crippen LogP contribution in [0, 0.1) is 15.9 Å². The number of halogens is 1. The standard InChI is InChI=1S/C12H15FN8O2/c13-9-3-8(21(22)23)1-2-11(9)17-4-7-5-20(6-10(7)14)12(15)18-19-16/h1-4,19H,5-6,14,16H2,(H2,15,18). The van der Waals surface area contributed by atoms with E-state index in [0.29, 0.717) is 24.4 Å². The van der Waals surface area contributed by atoms with E-state index >= 15 is 0 Å². The summed E-state index contributed by atoms with van der Waals surface area (Å²) in [4.78, 5) is 15.5. The summed E-state index contributed by atoms with van der Waals surface area (Å²) >= 11 is 0. The number of nitro groups is 1. The summed E-state index contributed by atoms with van der Waals surface area (Å²) in [6.07, 6.45) is 1.39. The highest BCUT2D eigenvalue weighted by molar-refractivity contribution is 5.87. The highest BCUT2D eigenvalue weighted by Gasteiger charge is 2.20. The molecule has 122 valence electrons. The molecule has 0 spiro atoms. The van der Waals surface area contributed by atoms with Gasteiger partial charge in [-0.25, -0.2) is 15.8 Å². The second kappa shape index (κ2) is 6.70. The largest absolute Gasteiger partial charge is 0.400 e. The molecule has 0 atom stereocenters. The molecule has 11 heteroatoms. The average molecular weight is 322 g/mol. The van der Waals surface area contributed by atoms with Gasteiger partial charge in [-0.1, -0.05) is 0 Å². The van der Waals surface area contributed by atoms with E-state index in [1.807, 2.05) is 0 Å². The van der Waals surface area contributed by atoms with Gasteiger partial charge in [0.2, 0.25) is 5.96 Å². The zero-order valence-electron chi connectivity index (χ0n) is 11.9. The molecule has 23 heavy (non-hydrogen) atoms. The van der Waals surface area contributed by atoms with Gasteiger partial charge in [-0.05, 0) is 6.07 Å². The topological polar surface area (TPSA) is 161 Å². The zero-order valence-corrected chi connectivity index (χ0v) is 11.9. The van der Waals surface area contributed by atoms with E-state index in [1.54, 1.807) is 4.90 Å². The molecule has 0 bridgehead atoms. The maximum absolute atomic E-state index is 13.7. The van der Waals surface area contributed by atoms with Gasteiger partial charge in [0.15, 0.2) is 5.82 Å². The second-order valence-electron chi connectivity index (χ2n) is 4.66. The fraction of sp³-hybridized carbons (Fsp3) is 0.167. The summed E-state index contributed by atoms with van der Waals surface area (Å²) in [5, 5.41) is 14.2. The van der Waals surface area contributed by atoms with Crippen molar-refractivity contribution in [2.45, 2.75) is 0 Å². The molecule has 1 aromatic rings. The first kappa shape index (κ1) is 16.2. The Kier molecular flexibility index (Phi) is 4.71. The van der Waals surface area contributed by atoms with Crippen LogP contribution in [0.5, 0.6) is 0 Å². The average Bonchev–Trinajstić information content (AvgIpc) is 2.87. The number of non-ortho nitro benzene ring substituents is 1. The van der Waals surface area contributed by atoms with Crippen LogP contribution in [0.4, 0.5) is 15.8 Å². The number of aliphatic imine (C=N–C) groups is 1. The van der Waals surface area contributed by atoms with Gasteiger partial charge in [0.25, 0.3) is 5.69 Å². The number of nitrogens with zero attached hydrogens (tertiary/aromatic N) is 4. The molecule has 1 aliphatic rings. The predicted octanol–water partition coefficient (Wildman–Crippen LogP) is -0.342. The highest BCUT2D eigenvalue weighted by Crippen LogP contribution is 2.23. The Morgan fingerprint density at radius 3 is 2.83 bits per heavy atom. The minimum Gasteiger partial charge on any atom is -0.400 e. The van der Waals surface area contributed by atoms with Crippen LogP contribution in [0.2, 0.25) is 0 Å². The molecule has 0 fully saturated rings. The Hall–Kier alpha value is -3.21. The van der Waals surface area contributed by atoms with Gasteiger partial charge in [0, 0.05) is 30.1 Å². The lowest BCUT2D eigenvalue weighted by molar-refractivity contribution is -0.385. The van der Waals surface area contributed by atoms with E-state index in [2.05, 4.69) is 15.6 Å². The third-order valence-electron chi connectivity index (χ3n) is 3.14. The van der Waals surface area contributed by atoms with Crippen molar-refractivity contribution in [3.05, 3.63) is 45.4 Å². The van der Waals surface area contributed by atoms with Crippen molar-refractivity contribution in [1.29, 1.82) is 0 Å². The van der Waals surface area contributed by atoms with Gasteiger partial charge in [-0.2, -0.15) is 0 Å². The summed E-state index contributed by atoms with van der Waals surface area (Å²) in [7, 11) is 0. The van der Waals surface area contributed by atoms with Gasteiger partial charge in [-0.3, -0.25) is 15.1 Å². The fourth-order valence-corrected chi connectivity index (χ4v) is 1.95. The Morgan fingerprint density at radius 2 is 2.22 bits per heavy atom. The molecule has 7 N–H and O–H groups in total. The number of hydrazine groups is 1. The SMILES string of the molecule is NN/N=C(\N)N1CC(N)=C(C=Nc2ccc([N+](=O)[O-])cc2F)C1. The van der Waals surface area contributed by atoms with Gasteiger partial charge in [0.1, 0.15) is 0 Å². The van der Waals surface area contributed by atoms with Crippen molar-refractivity contribution in [1.82, 2.24) is 10.4 Å². The molecule has 0 aromatic heterocycles. The maximum Gasteiger partial charge on any atom is 0.272 e. The predicted molar refractivity (Wildman–Crippen MR) is 82.9 cm³/mol. The molecule has 0 unspecified atom stereocenters. The van der Waals surface area contributed by atoms with Crippen molar-refractivity contribution in [2.75, 3.05) is 13.1 Å². The number of hydrazone groups is 1. The minimum absolute atomic E-state index is 0.0281. The fourth-order valence-electron chi connectivity index (χ4n) is 1.95. The first-order chi connectivity index (χ1) is 10.9. The minimum atomic E-state index is -0.794. The summed E-state index contributed by atoms with van der Waals surface area (Å²) in [5.74, 6) is 4.41. The van der Waals surface area contributed by atoms with Crippen LogP contribution in [0.3, 0.4) is 0 Å². The molecule has 10 nitrogen and oxygen atoms in total. The Bertz CT molecular complexity index is 715. The molecule has 1 heterocycles. The van der Waals surface area contributed by atoms with Crippen molar-refractivity contribution in [3.63, 3.8) is 0 Å². The zero-order chi connectivity index (χ0) is 17.0. The summed E-state index contributed by atoms with van der Waals surface area (Å²) < 4.78 is 13.7. The van der Waals surface area contributed by atoms with Crippen molar-refractivity contribution in [2.24, 2.45) is 27.4 Å². The van der Waals surface area contributed by atoms with Crippen LogP contribution in [-0.2, 0) is 0 Å². The number of nitro benzene ring substituents is 1. The Morgan fingerprint density at radius 1 is 1.48 bits per heavy atom. The third-order valence-corrected chi connectivity index (χ3v) is 3.14. The van der Waals surface area contributed by atoms with Crippen molar-refractivity contribution >= 4 is 23.5 Å². The maximum atomic E-state index is 13.7. The monoisotopic (exact) mass is 322 g/mol. The van der Waals surface area contributed by atoms with Crippen LogP contribution >= 0.6 is 0 Å². The van der Waals surface area contributed by atoms with Gasteiger partial charge < -0.3 is 16.4 Å². The van der Waals surface area contributed by atoms with Gasteiger partial charge in [0.05, 0.1) is 23.2 Å². The molecule has 1 aliphatic heterocycles. The number of rotatable bonds is 4. The normalized spacial score (nSPS) is 15.6. The molecule has 2 rings (SSSR count). The summed E-state index contributed by atoms with van der Waals surface area (Å²) in [5.41, 5.74) is 14.4. The number of hydrogen-bond acceptors (Lipinski definition) is 7. The van der Waals surface area contributed by atoms with Gasteiger partial charge in [-0.15, -0.1) is 5.10 Å².